The van der Waals surface area contributed by atoms with Crippen LogP contribution in [0.4, 0.5) is 5.95 Å². The van der Waals surface area contributed by atoms with E-state index in [-0.39, 0.29) is 0 Å². The summed E-state index contributed by atoms with van der Waals surface area (Å²) in [5, 5.41) is 4.41. The fraction of sp³-hybridized carbons (Fsp3) is 0.182. The topological polar surface area (TPSA) is 82.8 Å². The summed E-state index contributed by atoms with van der Waals surface area (Å²) < 4.78 is 6.72. The van der Waals surface area contributed by atoms with Gasteiger partial charge in [-0.25, -0.2) is 4.98 Å². The van der Waals surface area contributed by atoms with Crippen molar-refractivity contribution in [2.45, 2.75) is 13.5 Å². The molecule has 6 nitrogen and oxygen atoms in total. The van der Waals surface area contributed by atoms with Gasteiger partial charge in [-0.15, -0.1) is 0 Å². The lowest BCUT2D eigenvalue weighted by Crippen LogP contribution is -2.05. The maximum Gasteiger partial charge on any atom is 0.223 e. The standard InChI is InChI=1S/C11H10ClN5O/c1-6-14-9(16-18-6)5-17-8-4-2-3-7(12)10(8)15-11(17)13/h2-4H,5H2,1H3,(H2,13,15). The first-order valence-corrected chi connectivity index (χ1v) is 5.72. The number of rotatable bonds is 2. The molecule has 0 unspecified atom stereocenters. The van der Waals surface area contributed by atoms with Crippen LogP contribution in [0.15, 0.2) is 22.7 Å². The molecule has 7 heteroatoms. The van der Waals surface area contributed by atoms with E-state index in [0.29, 0.717) is 34.7 Å². The maximum absolute atomic E-state index is 6.07. The molecule has 0 aliphatic heterocycles. The highest BCUT2D eigenvalue weighted by Gasteiger charge is 2.13. The van der Waals surface area contributed by atoms with Crippen LogP contribution in [0.2, 0.25) is 5.02 Å². The molecule has 0 saturated carbocycles. The van der Waals surface area contributed by atoms with E-state index in [2.05, 4.69) is 15.1 Å². The van der Waals surface area contributed by atoms with Crippen LogP contribution in [0.5, 0.6) is 0 Å². The van der Waals surface area contributed by atoms with Crippen LogP contribution < -0.4 is 5.73 Å². The van der Waals surface area contributed by atoms with E-state index in [1.165, 1.54) is 0 Å². The Kier molecular flexibility index (Phi) is 2.45. The Morgan fingerprint density at radius 1 is 1.39 bits per heavy atom. The second-order valence-corrected chi connectivity index (χ2v) is 4.30. The zero-order valence-corrected chi connectivity index (χ0v) is 10.3. The van der Waals surface area contributed by atoms with Crippen LogP contribution in [-0.2, 0) is 6.54 Å². The zero-order valence-electron chi connectivity index (χ0n) is 9.59. The first kappa shape index (κ1) is 11.0. The summed E-state index contributed by atoms with van der Waals surface area (Å²) in [4.78, 5) is 8.38. The third-order valence-electron chi connectivity index (χ3n) is 2.63. The summed E-state index contributed by atoms with van der Waals surface area (Å²) in [6, 6.07) is 5.53. The van der Waals surface area contributed by atoms with Crippen molar-refractivity contribution in [2.24, 2.45) is 0 Å². The summed E-state index contributed by atoms with van der Waals surface area (Å²) >= 11 is 6.07. The molecule has 0 aliphatic carbocycles. The summed E-state index contributed by atoms with van der Waals surface area (Å²) in [6.07, 6.45) is 0. The van der Waals surface area contributed by atoms with Crippen molar-refractivity contribution in [3.63, 3.8) is 0 Å². The molecule has 2 aromatic heterocycles. The van der Waals surface area contributed by atoms with Crippen LogP contribution in [0, 0.1) is 6.92 Å². The predicted octanol–water partition coefficient (Wildman–Crippen LogP) is 2.01. The van der Waals surface area contributed by atoms with Gasteiger partial charge in [0.2, 0.25) is 11.8 Å². The minimum atomic E-state index is 0.376. The molecule has 0 aliphatic rings. The number of hydrogen-bond acceptors (Lipinski definition) is 5. The van der Waals surface area contributed by atoms with Crippen LogP contribution in [0.25, 0.3) is 11.0 Å². The third-order valence-corrected chi connectivity index (χ3v) is 2.93. The molecule has 0 spiro atoms. The van der Waals surface area contributed by atoms with E-state index in [1.807, 2.05) is 12.1 Å². The van der Waals surface area contributed by atoms with Crippen molar-refractivity contribution in [3.05, 3.63) is 34.9 Å². The Morgan fingerprint density at radius 3 is 2.94 bits per heavy atom. The second-order valence-electron chi connectivity index (χ2n) is 3.89. The lowest BCUT2D eigenvalue weighted by atomic mass is 10.3. The number of hydrogen-bond donors (Lipinski definition) is 1. The minimum absolute atomic E-state index is 0.376. The fourth-order valence-electron chi connectivity index (χ4n) is 1.84. The molecule has 0 amide bonds. The number of anilines is 1. The van der Waals surface area contributed by atoms with E-state index in [0.717, 1.165) is 5.52 Å². The number of imidazole rings is 1. The molecule has 3 rings (SSSR count). The minimum Gasteiger partial charge on any atom is -0.369 e. The van der Waals surface area contributed by atoms with E-state index in [4.69, 9.17) is 21.9 Å². The summed E-state index contributed by atoms with van der Waals surface area (Å²) in [7, 11) is 0. The number of fused-ring (bicyclic) bond motifs is 1. The number of benzene rings is 1. The van der Waals surface area contributed by atoms with Crippen molar-refractivity contribution in [3.8, 4) is 0 Å². The summed E-state index contributed by atoms with van der Waals surface area (Å²) in [5.74, 6) is 1.45. The molecule has 18 heavy (non-hydrogen) atoms. The molecule has 2 heterocycles. The number of nitrogens with zero attached hydrogens (tertiary/aromatic N) is 4. The van der Waals surface area contributed by atoms with Crippen molar-refractivity contribution >= 4 is 28.6 Å². The Hall–Kier alpha value is -2.08. The van der Waals surface area contributed by atoms with Gasteiger partial charge in [0.1, 0.15) is 5.52 Å². The highest BCUT2D eigenvalue weighted by Crippen LogP contribution is 2.25. The number of nitrogens with two attached hydrogens (primary N) is 1. The number of halogens is 1. The molecule has 0 radical (unpaired) electrons. The van der Waals surface area contributed by atoms with Crippen LogP contribution in [-0.4, -0.2) is 19.7 Å². The maximum atomic E-state index is 6.07. The van der Waals surface area contributed by atoms with Gasteiger partial charge in [-0.3, -0.25) is 0 Å². The summed E-state index contributed by atoms with van der Waals surface area (Å²) in [6.45, 7) is 2.14. The van der Waals surface area contributed by atoms with Gasteiger partial charge in [-0.1, -0.05) is 22.8 Å². The van der Waals surface area contributed by atoms with Crippen molar-refractivity contribution in [2.75, 3.05) is 5.73 Å². The van der Waals surface area contributed by atoms with E-state index < -0.39 is 0 Å². The SMILES string of the molecule is Cc1nc(Cn2c(N)nc3c(Cl)cccc32)no1. The van der Waals surface area contributed by atoms with Gasteiger partial charge in [0.15, 0.2) is 5.82 Å². The fourth-order valence-corrected chi connectivity index (χ4v) is 2.06. The van der Waals surface area contributed by atoms with Crippen LogP contribution in [0.1, 0.15) is 11.7 Å². The molecular weight excluding hydrogens is 254 g/mol. The molecule has 0 atom stereocenters. The van der Waals surface area contributed by atoms with E-state index >= 15 is 0 Å². The van der Waals surface area contributed by atoms with Gasteiger partial charge in [-0.05, 0) is 12.1 Å². The highest BCUT2D eigenvalue weighted by atomic mass is 35.5. The quantitative estimate of drug-likeness (QED) is 0.765. The first-order chi connectivity index (χ1) is 8.65. The van der Waals surface area contributed by atoms with Crippen molar-refractivity contribution < 1.29 is 4.52 Å². The Bertz CT molecular complexity index is 717. The number of aromatic nitrogens is 4. The zero-order chi connectivity index (χ0) is 12.7. The summed E-state index contributed by atoms with van der Waals surface area (Å²) in [5.41, 5.74) is 7.41. The number of nitrogen functional groups attached to an aromatic ring is 1. The Labute approximate surface area is 107 Å². The average molecular weight is 264 g/mol. The van der Waals surface area contributed by atoms with Crippen LogP contribution >= 0.6 is 11.6 Å². The molecule has 2 N–H and O–H groups in total. The average Bonchev–Trinajstić information content (AvgIpc) is 2.87. The molecule has 1 aromatic carbocycles. The van der Waals surface area contributed by atoms with Gasteiger partial charge in [0.05, 0.1) is 17.1 Å². The molecule has 3 aromatic rings. The molecule has 0 bridgehead atoms. The van der Waals surface area contributed by atoms with Crippen molar-refractivity contribution in [1.29, 1.82) is 0 Å². The lowest BCUT2D eigenvalue weighted by Gasteiger charge is -2.02. The van der Waals surface area contributed by atoms with Gasteiger partial charge < -0.3 is 14.8 Å². The normalized spacial score (nSPS) is 11.2. The molecular formula is C11H10ClN5O. The van der Waals surface area contributed by atoms with Crippen LogP contribution in [0.3, 0.4) is 0 Å². The largest absolute Gasteiger partial charge is 0.369 e. The van der Waals surface area contributed by atoms with Gasteiger partial charge in [0, 0.05) is 6.92 Å². The van der Waals surface area contributed by atoms with E-state index in [9.17, 15) is 0 Å². The third kappa shape index (κ3) is 1.70. The monoisotopic (exact) mass is 263 g/mol. The molecule has 0 fully saturated rings. The first-order valence-electron chi connectivity index (χ1n) is 5.34. The number of aryl methyl sites for hydroxylation is 1. The number of para-hydroxylation sites is 1. The Morgan fingerprint density at radius 2 is 2.22 bits per heavy atom. The van der Waals surface area contributed by atoms with Gasteiger partial charge in [-0.2, -0.15) is 4.98 Å². The van der Waals surface area contributed by atoms with Gasteiger partial charge in [0.25, 0.3) is 0 Å². The Balaban J connectivity index is 2.11. The molecule has 0 saturated heterocycles. The highest BCUT2D eigenvalue weighted by molar-refractivity contribution is 6.35. The van der Waals surface area contributed by atoms with Crippen molar-refractivity contribution in [1.82, 2.24) is 19.7 Å². The van der Waals surface area contributed by atoms with Gasteiger partial charge >= 0.3 is 0 Å². The second kappa shape index (κ2) is 3.99. The predicted molar refractivity (Wildman–Crippen MR) is 67.3 cm³/mol. The smallest absolute Gasteiger partial charge is 0.223 e. The molecule has 92 valence electrons. The lowest BCUT2D eigenvalue weighted by molar-refractivity contribution is 0.386. The van der Waals surface area contributed by atoms with E-state index in [1.54, 1.807) is 17.6 Å².